The molecule has 0 bridgehead atoms. The smallest absolute Gasteiger partial charge is 0.316 e. The molecule has 2 aliphatic rings. The molecule has 28 heavy (non-hydrogen) atoms. The van der Waals surface area contributed by atoms with Crippen LogP contribution in [-0.2, 0) is 14.3 Å². The third-order valence-electron chi connectivity index (χ3n) is 5.44. The maximum Gasteiger partial charge on any atom is 0.316 e. The van der Waals surface area contributed by atoms with E-state index in [4.69, 9.17) is 4.74 Å². The Morgan fingerprint density at radius 1 is 1.11 bits per heavy atom. The summed E-state index contributed by atoms with van der Waals surface area (Å²) < 4.78 is 19.6. The lowest BCUT2D eigenvalue weighted by Crippen LogP contribution is -2.39. The van der Waals surface area contributed by atoms with Gasteiger partial charge < -0.3 is 15.4 Å². The number of allylic oxidation sites excluding steroid dienone is 1. The highest BCUT2D eigenvalue weighted by Crippen LogP contribution is 2.44. The van der Waals surface area contributed by atoms with E-state index in [0.717, 1.165) is 11.4 Å². The molecule has 0 saturated heterocycles. The molecular formula is C22H21FN2O3. The number of carbonyl (C=O) groups is 2. The molecule has 1 aliphatic carbocycles. The van der Waals surface area contributed by atoms with Gasteiger partial charge in [0.25, 0.3) is 0 Å². The van der Waals surface area contributed by atoms with Crippen molar-refractivity contribution < 1.29 is 18.7 Å². The molecule has 5 nitrogen and oxygen atoms in total. The molecule has 6 heteroatoms. The van der Waals surface area contributed by atoms with Crippen molar-refractivity contribution in [2.24, 2.45) is 11.8 Å². The fourth-order valence-electron chi connectivity index (χ4n) is 4.08. The van der Waals surface area contributed by atoms with Gasteiger partial charge in [-0.2, -0.15) is 0 Å². The first kappa shape index (κ1) is 18.2. The van der Waals surface area contributed by atoms with Gasteiger partial charge in [-0.25, -0.2) is 4.39 Å². The van der Waals surface area contributed by atoms with E-state index in [1.807, 2.05) is 31.2 Å². The quantitative estimate of drug-likeness (QED) is 0.608. The van der Waals surface area contributed by atoms with Crippen LogP contribution in [0.2, 0.25) is 0 Å². The Morgan fingerprint density at radius 3 is 2.50 bits per heavy atom. The van der Waals surface area contributed by atoms with Crippen LogP contribution in [0.15, 0.2) is 59.8 Å². The summed E-state index contributed by atoms with van der Waals surface area (Å²) in [7, 11) is 1.28. The van der Waals surface area contributed by atoms with Crippen molar-refractivity contribution in [1.29, 1.82) is 0 Å². The summed E-state index contributed by atoms with van der Waals surface area (Å²) in [6.07, 6.45) is 0.488. The average molecular weight is 380 g/mol. The van der Waals surface area contributed by atoms with Gasteiger partial charge in [-0.1, -0.05) is 37.3 Å². The predicted molar refractivity (Wildman–Crippen MR) is 104 cm³/mol. The summed E-state index contributed by atoms with van der Waals surface area (Å²) in [5.41, 5.74) is 3.03. The number of benzene rings is 2. The van der Waals surface area contributed by atoms with Gasteiger partial charge in [-0.15, -0.1) is 0 Å². The van der Waals surface area contributed by atoms with Crippen LogP contribution in [0, 0.1) is 17.7 Å². The SMILES string of the molecule is COC(=O)C1C(=O)C2=C(CC1C)Nc1ccccc1NC2c1ccccc1F. The number of fused-ring (bicyclic) bond motifs is 1. The monoisotopic (exact) mass is 380 g/mol. The third-order valence-corrected chi connectivity index (χ3v) is 5.44. The van der Waals surface area contributed by atoms with E-state index < -0.39 is 23.7 Å². The number of halogens is 1. The minimum Gasteiger partial charge on any atom is -0.468 e. The summed E-state index contributed by atoms with van der Waals surface area (Å²) in [5.74, 6) is -2.42. The zero-order valence-corrected chi connectivity index (χ0v) is 15.7. The summed E-state index contributed by atoms with van der Waals surface area (Å²) in [4.78, 5) is 25.7. The second kappa shape index (κ2) is 7.11. The summed E-state index contributed by atoms with van der Waals surface area (Å²) in [6.45, 7) is 1.85. The number of esters is 1. The maximum absolute atomic E-state index is 14.7. The summed E-state index contributed by atoms with van der Waals surface area (Å²) >= 11 is 0. The normalized spacial score (nSPS) is 23.7. The van der Waals surface area contributed by atoms with Crippen LogP contribution < -0.4 is 10.6 Å². The van der Waals surface area contributed by atoms with Gasteiger partial charge in [0.1, 0.15) is 11.7 Å². The van der Waals surface area contributed by atoms with Crippen LogP contribution in [0.25, 0.3) is 0 Å². The first-order chi connectivity index (χ1) is 13.5. The molecular weight excluding hydrogens is 359 g/mol. The Labute approximate surface area is 162 Å². The van der Waals surface area contributed by atoms with Crippen molar-refractivity contribution >= 4 is 23.1 Å². The van der Waals surface area contributed by atoms with Gasteiger partial charge in [0, 0.05) is 16.8 Å². The second-order valence-electron chi connectivity index (χ2n) is 7.21. The zero-order chi connectivity index (χ0) is 19.8. The van der Waals surface area contributed by atoms with Crippen LogP contribution in [0.1, 0.15) is 24.9 Å². The summed E-state index contributed by atoms with van der Waals surface area (Å²) in [5, 5.41) is 6.65. The van der Waals surface area contributed by atoms with Crippen molar-refractivity contribution in [2.75, 3.05) is 17.7 Å². The zero-order valence-electron chi connectivity index (χ0n) is 15.7. The van der Waals surface area contributed by atoms with E-state index in [1.54, 1.807) is 18.2 Å². The van der Waals surface area contributed by atoms with E-state index >= 15 is 0 Å². The number of hydrogen-bond acceptors (Lipinski definition) is 5. The Balaban J connectivity index is 1.90. The highest BCUT2D eigenvalue weighted by Gasteiger charge is 2.44. The molecule has 0 amide bonds. The molecule has 2 aromatic rings. The van der Waals surface area contributed by atoms with Crippen molar-refractivity contribution in [3.05, 3.63) is 71.2 Å². The average Bonchev–Trinajstić information content (AvgIpc) is 2.84. The molecule has 0 spiro atoms. The fraction of sp³-hybridized carbons (Fsp3) is 0.273. The Kier molecular flexibility index (Phi) is 4.63. The standard InChI is InChI=1S/C22H21FN2O3/c1-12-11-17-19(21(26)18(12)22(27)28-2)20(13-7-3-4-8-14(13)23)25-16-10-6-5-9-15(16)24-17/h3-10,12,18,20,24-25H,11H2,1-2H3. The molecule has 0 aromatic heterocycles. The van der Waals surface area contributed by atoms with E-state index in [0.29, 0.717) is 23.3 Å². The minimum atomic E-state index is -0.900. The number of methoxy groups -OCH3 is 1. The predicted octanol–water partition coefficient (Wildman–Crippen LogP) is 4.06. The highest BCUT2D eigenvalue weighted by molar-refractivity contribution is 6.11. The lowest BCUT2D eigenvalue weighted by atomic mass is 9.74. The number of ether oxygens (including phenoxy) is 1. The number of anilines is 2. The van der Waals surface area contributed by atoms with E-state index in [2.05, 4.69) is 10.6 Å². The number of hydrogen-bond donors (Lipinski definition) is 2. The molecule has 0 radical (unpaired) electrons. The van der Waals surface area contributed by atoms with E-state index in [-0.39, 0.29) is 11.7 Å². The summed E-state index contributed by atoms with van der Waals surface area (Å²) in [6, 6.07) is 13.2. The number of carbonyl (C=O) groups excluding carboxylic acids is 2. The van der Waals surface area contributed by atoms with Crippen LogP contribution >= 0.6 is 0 Å². The molecule has 144 valence electrons. The molecule has 1 heterocycles. The van der Waals surface area contributed by atoms with Crippen molar-refractivity contribution in [3.8, 4) is 0 Å². The largest absolute Gasteiger partial charge is 0.468 e. The molecule has 0 saturated carbocycles. The molecule has 2 aromatic carbocycles. The molecule has 3 unspecified atom stereocenters. The molecule has 3 atom stereocenters. The third kappa shape index (κ3) is 2.95. The lowest BCUT2D eigenvalue weighted by Gasteiger charge is -2.32. The molecule has 2 N–H and O–H groups in total. The van der Waals surface area contributed by atoms with E-state index in [1.165, 1.54) is 13.2 Å². The lowest BCUT2D eigenvalue weighted by molar-refractivity contribution is -0.151. The molecule has 0 fully saturated rings. The number of nitrogens with one attached hydrogen (secondary N) is 2. The van der Waals surface area contributed by atoms with Crippen molar-refractivity contribution in [3.63, 3.8) is 0 Å². The van der Waals surface area contributed by atoms with Gasteiger partial charge in [0.2, 0.25) is 0 Å². The number of rotatable bonds is 2. The number of ketones is 1. The number of Topliss-reactive ketones (excluding diaryl/α,β-unsaturated/α-hetero) is 1. The van der Waals surface area contributed by atoms with Crippen molar-refractivity contribution in [2.45, 2.75) is 19.4 Å². The van der Waals surface area contributed by atoms with Crippen LogP contribution in [-0.4, -0.2) is 18.9 Å². The van der Waals surface area contributed by atoms with Gasteiger partial charge in [0.05, 0.1) is 24.5 Å². The van der Waals surface area contributed by atoms with Gasteiger partial charge in [-0.05, 0) is 30.5 Å². The Hall–Kier alpha value is -3.15. The van der Waals surface area contributed by atoms with Crippen LogP contribution in [0.4, 0.5) is 15.8 Å². The second-order valence-corrected chi connectivity index (χ2v) is 7.21. The Bertz CT molecular complexity index is 985. The Morgan fingerprint density at radius 2 is 1.79 bits per heavy atom. The topological polar surface area (TPSA) is 67.4 Å². The van der Waals surface area contributed by atoms with Gasteiger partial charge in [0.15, 0.2) is 5.78 Å². The maximum atomic E-state index is 14.7. The number of para-hydroxylation sites is 2. The molecule has 4 rings (SSSR count). The fourth-order valence-corrected chi connectivity index (χ4v) is 4.08. The van der Waals surface area contributed by atoms with E-state index in [9.17, 15) is 14.0 Å². The first-order valence-electron chi connectivity index (χ1n) is 9.23. The first-order valence-corrected chi connectivity index (χ1v) is 9.23. The van der Waals surface area contributed by atoms with Gasteiger partial charge in [-0.3, -0.25) is 9.59 Å². The van der Waals surface area contributed by atoms with Crippen LogP contribution in [0.5, 0.6) is 0 Å². The highest BCUT2D eigenvalue weighted by atomic mass is 19.1. The minimum absolute atomic E-state index is 0.224. The molecule has 1 aliphatic heterocycles. The van der Waals surface area contributed by atoms with Crippen molar-refractivity contribution in [1.82, 2.24) is 0 Å². The van der Waals surface area contributed by atoms with Gasteiger partial charge >= 0.3 is 5.97 Å². The van der Waals surface area contributed by atoms with Crippen LogP contribution in [0.3, 0.4) is 0 Å².